The second-order valence-corrected chi connectivity index (χ2v) is 8.55. The van der Waals surface area contributed by atoms with Gasteiger partial charge in [-0.1, -0.05) is 44.9 Å². The smallest absolute Gasteiger partial charge is 0.338 e. The maximum absolute atomic E-state index is 12.5. The first-order chi connectivity index (χ1) is 14.9. The zero-order valence-corrected chi connectivity index (χ0v) is 18.3. The molecule has 0 saturated heterocycles. The number of carbonyl (C=O) groups is 2. The number of aromatic nitrogens is 2. The van der Waals surface area contributed by atoms with Crippen LogP contribution in [0.4, 0.5) is 0 Å². The zero-order chi connectivity index (χ0) is 22.0. The number of hydrogen-bond donors (Lipinski definition) is 1. The number of ether oxygens (including phenoxy) is 1. The van der Waals surface area contributed by atoms with Crippen LogP contribution < -0.4 is 5.32 Å². The summed E-state index contributed by atoms with van der Waals surface area (Å²) in [5.41, 5.74) is 3.03. The van der Waals surface area contributed by atoms with Gasteiger partial charge in [-0.2, -0.15) is 0 Å². The van der Waals surface area contributed by atoms with Crippen LogP contribution >= 0.6 is 0 Å². The molecule has 1 aliphatic rings. The molecule has 1 N–H and O–H groups in total. The highest BCUT2D eigenvalue weighted by Gasteiger charge is 2.28. The van der Waals surface area contributed by atoms with Gasteiger partial charge in [-0.3, -0.25) is 9.36 Å². The van der Waals surface area contributed by atoms with Gasteiger partial charge < -0.3 is 10.1 Å². The van der Waals surface area contributed by atoms with Gasteiger partial charge in [-0.15, -0.1) is 0 Å². The molecule has 2 aromatic carbocycles. The van der Waals surface area contributed by atoms with E-state index < -0.39 is 5.97 Å². The molecule has 1 fully saturated rings. The summed E-state index contributed by atoms with van der Waals surface area (Å²) in [6.45, 7) is 6.06. The fourth-order valence-electron chi connectivity index (χ4n) is 4.48. The Hall–Kier alpha value is -3.15. The fourth-order valence-corrected chi connectivity index (χ4v) is 4.48. The lowest BCUT2D eigenvalue weighted by Gasteiger charge is -2.34. The molecule has 0 unspecified atom stereocenters. The SMILES string of the molecule is Cc1nc2cc(C(=O)OCC(=O)N[C@H]3CCC[C@H](C)[C@@H]3C)ccc2n1-c1ccccc1. The highest BCUT2D eigenvalue weighted by Crippen LogP contribution is 2.29. The fraction of sp³-hybridized carbons (Fsp3) is 0.400. The van der Waals surface area contributed by atoms with Crippen molar-refractivity contribution in [3.05, 3.63) is 59.9 Å². The Morgan fingerprint density at radius 2 is 1.90 bits per heavy atom. The van der Waals surface area contributed by atoms with Gasteiger partial charge in [0.2, 0.25) is 0 Å². The van der Waals surface area contributed by atoms with Crippen LogP contribution in [0, 0.1) is 18.8 Å². The molecule has 0 aliphatic heterocycles. The van der Waals surface area contributed by atoms with E-state index in [4.69, 9.17) is 4.74 Å². The van der Waals surface area contributed by atoms with Gasteiger partial charge in [0.15, 0.2) is 6.61 Å². The lowest BCUT2D eigenvalue weighted by atomic mass is 9.78. The van der Waals surface area contributed by atoms with Crippen molar-refractivity contribution in [2.24, 2.45) is 11.8 Å². The zero-order valence-electron chi connectivity index (χ0n) is 18.3. The summed E-state index contributed by atoms with van der Waals surface area (Å²) in [6.07, 6.45) is 3.29. The maximum Gasteiger partial charge on any atom is 0.338 e. The third-order valence-corrected chi connectivity index (χ3v) is 6.46. The minimum atomic E-state index is -0.519. The molecule has 162 valence electrons. The number of rotatable bonds is 5. The molecule has 3 atom stereocenters. The highest BCUT2D eigenvalue weighted by molar-refractivity contribution is 5.95. The lowest BCUT2D eigenvalue weighted by molar-refractivity contribution is -0.125. The van der Waals surface area contributed by atoms with Gasteiger partial charge in [0.05, 0.1) is 16.6 Å². The number of benzene rings is 2. The topological polar surface area (TPSA) is 73.2 Å². The van der Waals surface area contributed by atoms with Crippen molar-refractivity contribution in [2.75, 3.05) is 6.61 Å². The Kier molecular flexibility index (Phi) is 6.07. The first-order valence-corrected chi connectivity index (χ1v) is 10.9. The normalized spacial score (nSPS) is 21.1. The van der Waals surface area contributed by atoms with Gasteiger partial charge >= 0.3 is 5.97 Å². The summed E-state index contributed by atoms with van der Waals surface area (Å²) in [5, 5.41) is 3.03. The Morgan fingerprint density at radius 1 is 1.13 bits per heavy atom. The molecule has 6 heteroatoms. The van der Waals surface area contributed by atoms with Crippen LogP contribution in [-0.4, -0.2) is 34.1 Å². The van der Waals surface area contributed by atoms with Crippen LogP contribution in [0.2, 0.25) is 0 Å². The van der Waals surface area contributed by atoms with Crippen molar-refractivity contribution in [3.8, 4) is 5.69 Å². The van der Waals surface area contributed by atoms with E-state index in [1.165, 1.54) is 6.42 Å². The molecule has 4 rings (SSSR count). The molecular weight excluding hydrogens is 390 g/mol. The number of aryl methyl sites for hydroxylation is 1. The number of amides is 1. The number of imidazole rings is 1. The van der Waals surface area contributed by atoms with E-state index in [0.717, 1.165) is 29.9 Å². The molecule has 6 nitrogen and oxygen atoms in total. The Labute approximate surface area is 182 Å². The molecule has 31 heavy (non-hydrogen) atoms. The monoisotopic (exact) mass is 419 g/mol. The number of esters is 1. The second kappa shape index (κ2) is 8.92. The van der Waals surface area contributed by atoms with Gasteiger partial charge in [0.25, 0.3) is 5.91 Å². The Balaban J connectivity index is 1.42. The number of fused-ring (bicyclic) bond motifs is 1. The predicted molar refractivity (Wildman–Crippen MR) is 120 cm³/mol. The van der Waals surface area contributed by atoms with E-state index in [1.54, 1.807) is 12.1 Å². The summed E-state index contributed by atoms with van der Waals surface area (Å²) < 4.78 is 7.32. The maximum atomic E-state index is 12.5. The number of hydrogen-bond acceptors (Lipinski definition) is 4. The summed E-state index contributed by atoms with van der Waals surface area (Å²) in [5.74, 6) is 1.09. The van der Waals surface area contributed by atoms with Crippen molar-refractivity contribution in [1.29, 1.82) is 0 Å². The molecule has 1 amide bonds. The summed E-state index contributed by atoms with van der Waals surface area (Å²) in [4.78, 5) is 29.4. The van der Waals surface area contributed by atoms with Gasteiger partial charge in [0.1, 0.15) is 5.82 Å². The molecule has 0 spiro atoms. The summed E-state index contributed by atoms with van der Waals surface area (Å²) >= 11 is 0. The quantitative estimate of drug-likeness (QED) is 0.621. The second-order valence-electron chi connectivity index (χ2n) is 8.55. The number of nitrogens with zero attached hydrogens (tertiary/aromatic N) is 2. The average molecular weight is 420 g/mol. The van der Waals surface area contributed by atoms with E-state index in [2.05, 4.69) is 24.1 Å². The summed E-state index contributed by atoms with van der Waals surface area (Å²) in [7, 11) is 0. The predicted octanol–water partition coefficient (Wildman–Crippen LogP) is 4.43. The molecule has 1 saturated carbocycles. The van der Waals surface area contributed by atoms with E-state index >= 15 is 0 Å². The first-order valence-electron chi connectivity index (χ1n) is 10.9. The van der Waals surface area contributed by atoms with Crippen LogP contribution in [0.25, 0.3) is 16.7 Å². The van der Waals surface area contributed by atoms with Gasteiger partial charge in [-0.25, -0.2) is 9.78 Å². The minimum absolute atomic E-state index is 0.149. The third-order valence-electron chi connectivity index (χ3n) is 6.46. The third kappa shape index (κ3) is 4.48. The van der Waals surface area contributed by atoms with Crippen LogP contribution in [0.15, 0.2) is 48.5 Å². The van der Waals surface area contributed by atoms with E-state index in [1.807, 2.05) is 47.9 Å². The largest absolute Gasteiger partial charge is 0.452 e. The molecule has 3 aromatic rings. The van der Waals surface area contributed by atoms with Crippen molar-refractivity contribution in [3.63, 3.8) is 0 Å². The Bertz CT molecular complexity index is 1090. The Morgan fingerprint density at radius 3 is 2.68 bits per heavy atom. The van der Waals surface area contributed by atoms with Crippen LogP contribution in [-0.2, 0) is 9.53 Å². The van der Waals surface area contributed by atoms with E-state index in [0.29, 0.717) is 22.9 Å². The van der Waals surface area contributed by atoms with Gasteiger partial charge in [0, 0.05) is 11.7 Å². The van der Waals surface area contributed by atoms with Crippen LogP contribution in [0.3, 0.4) is 0 Å². The number of para-hydroxylation sites is 1. The summed E-state index contributed by atoms with van der Waals surface area (Å²) in [6, 6.07) is 15.4. The molecular formula is C25H29N3O3. The first kappa shape index (κ1) is 21.1. The molecule has 0 radical (unpaired) electrons. The standard InChI is InChI=1S/C25H29N3O3/c1-16-8-7-11-21(17(16)2)27-24(29)15-31-25(30)19-12-13-23-22(14-19)26-18(3)28(23)20-9-5-4-6-10-20/h4-6,9-10,12-14,16-17,21H,7-8,11,15H2,1-3H3,(H,27,29)/t16-,17-,21-/m0/s1. The number of carbonyl (C=O) groups excluding carboxylic acids is 2. The minimum Gasteiger partial charge on any atom is -0.452 e. The molecule has 0 bridgehead atoms. The molecule has 1 aromatic heterocycles. The van der Waals surface area contributed by atoms with E-state index in [9.17, 15) is 9.59 Å². The van der Waals surface area contributed by atoms with Crippen molar-refractivity contribution in [1.82, 2.24) is 14.9 Å². The van der Waals surface area contributed by atoms with Gasteiger partial charge in [-0.05, 0) is 55.5 Å². The average Bonchev–Trinajstić information content (AvgIpc) is 3.10. The van der Waals surface area contributed by atoms with Crippen LogP contribution in [0.1, 0.15) is 49.3 Å². The van der Waals surface area contributed by atoms with Crippen molar-refractivity contribution in [2.45, 2.75) is 46.1 Å². The number of nitrogens with one attached hydrogen (secondary N) is 1. The lowest BCUT2D eigenvalue weighted by Crippen LogP contribution is -2.45. The highest BCUT2D eigenvalue weighted by atomic mass is 16.5. The molecule has 1 aliphatic carbocycles. The van der Waals surface area contributed by atoms with Crippen molar-refractivity contribution >= 4 is 22.9 Å². The molecule has 1 heterocycles. The van der Waals surface area contributed by atoms with Crippen LogP contribution in [0.5, 0.6) is 0 Å². The van der Waals surface area contributed by atoms with Crippen molar-refractivity contribution < 1.29 is 14.3 Å². The van der Waals surface area contributed by atoms with E-state index in [-0.39, 0.29) is 18.6 Å².